The molecule has 130 valence electrons. The van der Waals surface area contributed by atoms with Crippen molar-refractivity contribution in [3.05, 3.63) is 12.2 Å². The molecule has 1 aliphatic rings. The Morgan fingerprint density at radius 1 is 1.30 bits per heavy atom. The smallest absolute Gasteiger partial charge is 0.304 e. The molecule has 3 N–H and O–H groups in total. The lowest BCUT2D eigenvalue weighted by Crippen LogP contribution is -2.18. The van der Waals surface area contributed by atoms with E-state index in [-0.39, 0.29) is 24.4 Å². The van der Waals surface area contributed by atoms with Crippen LogP contribution >= 0.6 is 0 Å². The van der Waals surface area contributed by atoms with Crippen LogP contribution in [-0.4, -0.2) is 33.5 Å². The molecule has 4 atom stereocenters. The van der Waals surface area contributed by atoms with Gasteiger partial charge in [-0.15, -0.1) is 11.8 Å². The molecular weight excluding hydrogens is 292 g/mol. The van der Waals surface area contributed by atoms with E-state index in [1.165, 1.54) is 0 Å². The van der Waals surface area contributed by atoms with Gasteiger partial charge in [-0.2, -0.15) is 0 Å². The molecule has 1 rings (SSSR count). The van der Waals surface area contributed by atoms with Gasteiger partial charge in [0.05, 0.1) is 18.6 Å². The van der Waals surface area contributed by atoms with E-state index in [1.54, 1.807) is 0 Å². The summed E-state index contributed by atoms with van der Waals surface area (Å²) in [4.78, 5) is 10.4. The molecule has 0 aromatic rings. The molecule has 0 radical (unpaired) electrons. The largest absolute Gasteiger partial charge is 0.481 e. The predicted molar refractivity (Wildman–Crippen MR) is 90.8 cm³/mol. The number of unbranched alkanes of at least 4 members (excludes halogenated alkanes) is 2. The highest BCUT2D eigenvalue weighted by molar-refractivity contribution is 5.66. The van der Waals surface area contributed by atoms with Gasteiger partial charge in [-0.1, -0.05) is 38.3 Å². The lowest BCUT2D eigenvalue weighted by Gasteiger charge is -2.17. The first-order valence-electron chi connectivity index (χ1n) is 8.76. The molecule has 4 unspecified atom stereocenters. The number of aliphatic carboxylic acids is 1. The summed E-state index contributed by atoms with van der Waals surface area (Å²) in [6.07, 6.45) is 9.95. The van der Waals surface area contributed by atoms with Crippen LogP contribution in [0, 0.1) is 23.7 Å². The van der Waals surface area contributed by atoms with Gasteiger partial charge in [0.15, 0.2) is 0 Å². The van der Waals surface area contributed by atoms with E-state index >= 15 is 0 Å². The first kappa shape index (κ1) is 19.7. The second kappa shape index (κ2) is 11.3. The second-order valence-electron chi connectivity index (χ2n) is 6.37. The van der Waals surface area contributed by atoms with Crippen molar-refractivity contribution in [2.24, 2.45) is 11.8 Å². The number of hydrogen-bond donors (Lipinski definition) is 3. The number of allylic oxidation sites excluding steroid dienone is 1. The first-order chi connectivity index (χ1) is 11.0. The third-order valence-electron chi connectivity index (χ3n) is 4.45. The summed E-state index contributed by atoms with van der Waals surface area (Å²) < 4.78 is 0. The number of carboxylic acids is 1. The van der Waals surface area contributed by atoms with Crippen LogP contribution in [0.3, 0.4) is 0 Å². The Bertz CT molecular complexity index is 432. The quantitative estimate of drug-likeness (QED) is 0.346. The van der Waals surface area contributed by atoms with Gasteiger partial charge in [0.25, 0.3) is 0 Å². The predicted octanol–water partition coefficient (Wildman–Crippen LogP) is 3.13. The molecule has 0 amide bonds. The first-order valence-corrected chi connectivity index (χ1v) is 8.76. The Balaban J connectivity index is 2.42. The average molecular weight is 322 g/mol. The highest BCUT2D eigenvalue weighted by atomic mass is 16.4. The maximum Gasteiger partial charge on any atom is 0.304 e. The van der Waals surface area contributed by atoms with Crippen molar-refractivity contribution in [2.75, 3.05) is 0 Å². The van der Waals surface area contributed by atoms with Gasteiger partial charge < -0.3 is 15.3 Å². The lowest BCUT2D eigenvalue weighted by molar-refractivity contribution is -0.136. The zero-order valence-electron chi connectivity index (χ0n) is 14.1. The van der Waals surface area contributed by atoms with Crippen molar-refractivity contribution >= 4 is 5.97 Å². The molecule has 0 saturated heterocycles. The highest BCUT2D eigenvalue weighted by Gasteiger charge is 2.32. The molecule has 0 aromatic heterocycles. The molecule has 4 heteroatoms. The maximum atomic E-state index is 10.4. The Labute approximate surface area is 139 Å². The van der Waals surface area contributed by atoms with Crippen LogP contribution in [0.1, 0.15) is 64.7 Å². The summed E-state index contributed by atoms with van der Waals surface area (Å²) in [7, 11) is 0. The molecule has 4 nitrogen and oxygen atoms in total. The molecule has 1 aliphatic carbocycles. The van der Waals surface area contributed by atoms with E-state index in [1.807, 2.05) is 12.2 Å². The summed E-state index contributed by atoms with van der Waals surface area (Å²) in [6.45, 7) is 2.14. The summed E-state index contributed by atoms with van der Waals surface area (Å²) in [6, 6.07) is 0. The van der Waals surface area contributed by atoms with Crippen molar-refractivity contribution in [1.29, 1.82) is 0 Å². The molecule has 0 spiro atoms. The summed E-state index contributed by atoms with van der Waals surface area (Å²) in [5.74, 6) is 5.38. The molecule has 0 bridgehead atoms. The Kier molecular flexibility index (Phi) is 9.66. The van der Waals surface area contributed by atoms with Crippen molar-refractivity contribution < 1.29 is 20.1 Å². The zero-order valence-corrected chi connectivity index (χ0v) is 14.1. The second-order valence-corrected chi connectivity index (χ2v) is 6.37. The number of carbonyl (C=O) groups is 1. The van der Waals surface area contributed by atoms with Gasteiger partial charge in [-0.25, -0.2) is 0 Å². The van der Waals surface area contributed by atoms with Gasteiger partial charge in [-0.3, -0.25) is 4.79 Å². The van der Waals surface area contributed by atoms with Gasteiger partial charge in [0.2, 0.25) is 0 Å². The minimum atomic E-state index is -0.835. The van der Waals surface area contributed by atoms with Gasteiger partial charge in [-0.05, 0) is 25.2 Å². The minimum Gasteiger partial charge on any atom is -0.481 e. The molecule has 1 fully saturated rings. The van der Waals surface area contributed by atoms with E-state index in [0.29, 0.717) is 12.8 Å². The van der Waals surface area contributed by atoms with E-state index in [2.05, 4.69) is 18.8 Å². The third kappa shape index (κ3) is 8.20. The van der Waals surface area contributed by atoms with Crippen molar-refractivity contribution in [1.82, 2.24) is 0 Å². The summed E-state index contributed by atoms with van der Waals surface area (Å²) >= 11 is 0. The van der Waals surface area contributed by atoms with Crippen molar-refractivity contribution in [3.63, 3.8) is 0 Å². The molecule has 23 heavy (non-hydrogen) atoms. The Morgan fingerprint density at radius 2 is 2.09 bits per heavy atom. The summed E-state index contributed by atoms with van der Waals surface area (Å²) in [5, 5.41) is 28.6. The van der Waals surface area contributed by atoms with Crippen LogP contribution in [0.25, 0.3) is 0 Å². The fourth-order valence-electron chi connectivity index (χ4n) is 3.02. The number of carboxylic acid groups (broad SMARTS) is 1. The monoisotopic (exact) mass is 322 g/mol. The van der Waals surface area contributed by atoms with Crippen LogP contribution in [0.15, 0.2) is 12.2 Å². The fraction of sp³-hybridized carbons (Fsp3) is 0.737. The number of aliphatic hydroxyl groups excluding tert-OH is 2. The van der Waals surface area contributed by atoms with E-state index in [0.717, 1.165) is 38.5 Å². The summed E-state index contributed by atoms with van der Waals surface area (Å²) in [5.41, 5.74) is 0. The Hall–Kier alpha value is -1.31. The molecule has 1 saturated carbocycles. The normalized spacial score (nSPS) is 25.3. The molecule has 0 aromatic carbocycles. The lowest BCUT2D eigenvalue weighted by atomic mass is 9.91. The Morgan fingerprint density at radius 3 is 2.78 bits per heavy atom. The number of rotatable bonds is 9. The third-order valence-corrected chi connectivity index (χ3v) is 4.45. The van der Waals surface area contributed by atoms with Crippen LogP contribution in [0.4, 0.5) is 0 Å². The van der Waals surface area contributed by atoms with E-state index in [9.17, 15) is 15.0 Å². The molecule has 0 aliphatic heterocycles. The SMILES string of the molecule is CCCCCC(O)C=CC1CCC(O)C1CC#CCCC(=O)O. The van der Waals surface area contributed by atoms with E-state index in [4.69, 9.17) is 5.11 Å². The zero-order chi connectivity index (χ0) is 17.1. The highest BCUT2D eigenvalue weighted by Crippen LogP contribution is 2.35. The maximum absolute atomic E-state index is 10.4. The minimum absolute atomic E-state index is 0.0630. The fourth-order valence-corrected chi connectivity index (χ4v) is 3.02. The van der Waals surface area contributed by atoms with E-state index < -0.39 is 12.1 Å². The van der Waals surface area contributed by atoms with Gasteiger partial charge in [0.1, 0.15) is 0 Å². The van der Waals surface area contributed by atoms with Crippen LogP contribution in [-0.2, 0) is 4.79 Å². The number of aliphatic hydroxyl groups is 2. The van der Waals surface area contributed by atoms with Crippen LogP contribution in [0.2, 0.25) is 0 Å². The van der Waals surface area contributed by atoms with Crippen LogP contribution in [0.5, 0.6) is 0 Å². The van der Waals surface area contributed by atoms with Crippen LogP contribution < -0.4 is 0 Å². The average Bonchev–Trinajstić information content (AvgIpc) is 2.85. The van der Waals surface area contributed by atoms with Crippen molar-refractivity contribution in [3.8, 4) is 11.8 Å². The molecule has 0 heterocycles. The van der Waals surface area contributed by atoms with Gasteiger partial charge in [0, 0.05) is 18.8 Å². The van der Waals surface area contributed by atoms with Gasteiger partial charge >= 0.3 is 5.97 Å². The van der Waals surface area contributed by atoms with Crippen molar-refractivity contribution in [2.45, 2.75) is 76.9 Å². The number of hydrogen-bond acceptors (Lipinski definition) is 3. The molecular formula is C19H30O4. The topological polar surface area (TPSA) is 77.8 Å². The standard InChI is InChI=1S/C19H30O4/c1-2-3-5-8-16(20)13-11-15-12-14-18(21)17(15)9-6-4-7-10-19(22)23/h11,13,15-18,20-21H,2-3,5,7-10,12,14H2,1H3,(H,22,23).